The van der Waals surface area contributed by atoms with Gasteiger partial charge in [-0.1, -0.05) is 24.3 Å². The Morgan fingerprint density at radius 1 is 1.06 bits per heavy atom. The molecule has 0 bridgehead atoms. The smallest absolute Gasteiger partial charge is 0.339 e. The minimum absolute atomic E-state index is 0.158. The van der Waals surface area contributed by atoms with Gasteiger partial charge < -0.3 is 9.67 Å². The topological polar surface area (TPSA) is 76.4 Å². The zero-order valence-corrected chi connectivity index (χ0v) is 18.1. The summed E-state index contributed by atoms with van der Waals surface area (Å²) in [6.45, 7) is 3.83. The second-order valence-corrected chi connectivity index (χ2v) is 9.20. The molecule has 156 valence electrons. The molecule has 2 aliphatic rings. The van der Waals surface area contributed by atoms with Crippen LogP contribution in [0.2, 0.25) is 0 Å². The van der Waals surface area contributed by atoms with Crippen LogP contribution in [-0.2, 0) is 12.8 Å². The number of carbonyl (C=O) groups is 3. The van der Waals surface area contributed by atoms with Gasteiger partial charge in [0, 0.05) is 27.4 Å². The fourth-order valence-electron chi connectivity index (χ4n) is 4.73. The van der Waals surface area contributed by atoms with Gasteiger partial charge in [-0.25, -0.2) is 4.79 Å². The fourth-order valence-corrected chi connectivity index (χ4v) is 6.23. The Bertz CT molecular complexity index is 1280. The number of rotatable bonds is 3. The fraction of sp³-hybridized carbons (Fsp3) is 0.240. The lowest BCUT2D eigenvalue weighted by molar-refractivity contribution is 0.0695. The highest BCUT2D eigenvalue weighted by molar-refractivity contribution is 7.15. The predicted octanol–water partition coefficient (Wildman–Crippen LogP) is 5.20. The highest BCUT2D eigenvalue weighted by Crippen LogP contribution is 2.39. The van der Waals surface area contributed by atoms with Crippen molar-refractivity contribution in [1.82, 2.24) is 4.57 Å². The molecule has 0 fully saturated rings. The molecule has 0 radical (unpaired) electrons. The van der Waals surface area contributed by atoms with Crippen LogP contribution in [0.3, 0.4) is 0 Å². The van der Waals surface area contributed by atoms with Crippen molar-refractivity contribution in [1.29, 1.82) is 0 Å². The molecule has 6 heteroatoms. The summed E-state index contributed by atoms with van der Waals surface area (Å²) in [4.78, 5) is 38.9. The minimum atomic E-state index is -0.904. The van der Waals surface area contributed by atoms with Crippen molar-refractivity contribution in [2.45, 2.75) is 39.5 Å². The highest BCUT2D eigenvalue weighted by Gasteiger charge is 2.33. The van der Waals surface area contributed by atoms with Crippen molar-refractivity contribution in [3.8, 4) is 5.00 Å². The Hall–Kier alpha value is -3.25. The molecule has 3 aromatic rings. The summed E-state index contributed by atoms with van der Waals surface area (Å²) in [5, 5.41) is 10.7. The molecular formula is C25H21NO4S. The quantitative estimate of drug-likeness (QED) is 0.457. The number of aromatic nitrogens is 1. The zero-order valence-electron chi connectivity index (χ0n) is 17.3. The first kappa shape index (κ1) is 19.7. The number of ketones is 2. The number of fused-ring (bicyclic) bond motifs is 2. The molecule has 2 heterocycles. The van der Waals surface area contributed by atoms with Crippen molar-refractivity contribution in [2.75, 3.05) is 0 Å². The Labute approximate surface area is 183 Å². The molecule has 1 aromatic carbocycles. The molecule has 0 unspecified atom stereocenters. The van der Waals surface area contributed by atoms with Crippen LogP contribution < -0.4 is 0 Å². The van der Waals surface area contributed by atoms with Crippen LogP contribution in [-0.4, -0.2) is 27.2 Å². The number of nitrogens with zero attached hydrogens (tertiary/aromatic N) is 1. The molecule has 2 aliphatic carbocycles. The maximum atomic E-state index is 12.8. The summed E-state index contributed by atoms with van der Waals surface area (Å²) < 4.78 is 1.95. The van der Waals surface area contributed by atoms with Gasteiger partial charge in [0.25, 0.3) is 0 Å². The third-order valence-corrected chi connectivity index (χ3v) is 7.52. The summed E-state index contributed by atoms with van der Waals surface area (Å²) in [5.41, 5.74) is 4.83. The first-order valence-corrected chi connectivity index (χ1v) is 11.2. The van der Waals surface area contributed by atoms with E-state index in [9.17, 15) is 19.5 Å². The number of hydrogen-bond donors (Lipinski definition) is 1. The molecule has 0 saturated heterocycles. The molecular weight excluding hydrogens is 410 g/mol. The number of allylic oxidation sites excluding steroid dienone is 1. The van der Waals surface area contributed by atoms with Gasteiger partial charge in [-0.2, -0.15) is 0 Å². The zero-order chi connectivity index (χ0) is 21.9. The van der Waals surface area contributed by atoms with Crippen LogP contribution in [0.25, 0.3) is 11.1 Å². The SMILES string of the molecule is Cc1cc(C=C2C(=O)c3ccccc3C2=O)c(C)n1-c1sc2c(c1C(=O)O)CCCC2. The van der Waals surface area contributed by atoms with E-state index in [0.29, 0.717) is 21.7 Å². The molecule has 2 aromatic heterocycles. The van der Waals surface area contributed by atoms with E-state index in [0.717, 1.165) is 53.1 Å². The third-order valence-electron chi connectivity index (χ3n) is 6.25. The Morgan fingerprint density at radius 3 is 2.35 bits per heavy atom. The highest BCUT2D eigenvalue weighted by atomic mass is 32.1. The van der Waals surface area contributed by atoms with Gasteiger partial charge in [-0.05, 0) is 62.8 Å². The van der Waals surface area contributed by atoms with Crippen molar-refractivity contribution >= 4 is 34.9 Å². The number of thiophene rings is 1. The van der Waals surface area contributed by atoms with Gasteiger partial charge in [0.05, 0.1) is 11.1 Å². The second kappa shape index (κ2) is 7.17. The number of carboxylic acid groups (broad SMARTS) is 1. The average Bonchev–Trinajstić information content (AvgIpc) is 3.34. The number of carboxylic acids is 1. The van der Waals surface area contributed by atoms with Crippen LogP contribution in [0.15, 0.2) is 35.9 Å². The number of aryl methyl sites for hydroxylation is 2. The Kier molecular flexibility index (Phi) is 4.55. The average molecular weight is 432 g/mol. The van der Waals surface area contributed by atoms with E-state index >= 15 is 0 Å². The lowest BCUT2D eigenvalue weighted by Gasteiger charge is -2.11. The van der Waals surface area contributed by atoms with E-state index in [1.54, 1.807) is 41.7 Å². The molecule has 5 nitrogen and oxygen atoms in total. The van der Waals surface area contributed by atoms with Crippen LogP contribution in [0.1, 0.15) is 71.3 Å². The molecule has 31 heavy (non-hydrogen) atoms. The molecule has 0 saturated carbocycles. The number of hydrogen-bond acceptors (Lipinski definition) is 4. The summed E-state index contributed by atoms with van der Waals surface area (Å²) in [7, 11) is 0. The molecule has 0 amide bonds. The van der Waals surface area contributed by atoms with Gasteiger partial charge in [0.1, 0.15) is 5.00 Å². The van der Waals surface area contributed by atoms with Crippen LogP contribution >= 0.6 is 11.3 Å². The van der Waals surface area contributed by atoms with Gasteiger partial charge in [0.15, 0.2) is 11.6 Å². The van der Waals surface area contributed by atoms with Crippen LogP contribution in [0.4, 0.5) is 0 Å². The monoisotopic (exact) mass is 431 g/mol. The normalized spacial score (nSPS) is 15.2. The van der Waals surface area contributed by atoms with Crippen LogP contribution in [0.5, 0.6) is 0 Å². The van der Waals surface area contributed by atoms with E-state index in [2.05, 4.69) is 0 Å². The van der Waals surface area contributed by atoms with Crippen molar-refractivity contribution in [3.63, 3.8) is 0 Å². The number of benzene rings is 1. The first-order valence-electron chi connectivity index (χ1n) is 10.4. The van der Waals surface area contributed by atoms with Gasteiger partial charge in [-0.3, -0.25) is 9.59 Å². The van der Waals surface area contributed by atoms with Crippen LogP contribution in [0, 0.1) is 13.8 Å². The Morgan fingerprint density at radius 2 is 1.71 bits per heavy atom. The van der Waals surface area contributed by atoms with Gasteiger partial charge in [0.2, 0.25) is 0 Å². The maximum Gasteiger partial charge on any atom is 0.339 e. The maximum absolute atomic E-state index is 12.8. The number of aromatic carboxylic acids is 1. The Balaban J connectivity index is 1.64. The summed E-state index contributed by atoms with van der Waals surface area (Å²) in [6, 6.07) is 8.77. The number of Topliss-reactive ketones (excluding diaryl/α,β-unsaturated/α-hetero) is 2. The largest absolute Gasteiger partial charge is 0.478 e. The second-order valence-electron chi connectivity index (χ2n) is 8.12. The van der Waals surface area contributed by atoms with Gasteiger partial charge >= 0.3 is 5.97 Å². The summed E-state index contributed by atoms with van der Waals surface area (Å²) in [5.74, 6) is -1.43. The first-order chi connectivity index (χ1) is 14.9. The van der Waals surface area contributed by atoms with E-state index in [1.165, 1.54) is 0 Å². The lowest BCUT2D eigenvalue weighted by Crippen LogP contribution is -2.09. The molecule has 5 rings (SSSR count). The summed E-state index contributed by atoms with van der Waals surface area (Å²) in [6.07, 6.45) is 5.45. The van der Waals surface area contributed by atoms with E-state index in [1.807, 2.05) is 24.5 Å². The number of carbonyl (C=O) groups excluding carboxylic acids is 2. The molecule has 0 spiro atoms. The summed E-state index contributed by atoms with van der Waals surface area (Å²) >= 11 is 1.55. The third kappa shape index (κ3) is 2.93. The van der Waals surface area contributed by atoms with E-state index in [4.69, 9.17) is 0 Å². The molecule has 0 aliphatic heterocycles. The molecule has 1 N–H and O–H groups in total. The standard InChI is InChI=1S/C25H21NO4S/c1-13-11-15(12-19-22(27)16-7-3-4-8-17(16)23(19)28)14(2)26(13)24-21(25(29)30)18-9-5-6-10-20(18)31-24/h3-4,7-8,11-12H,5-6,9-10H2,1-2H3,(H,29,30). The lowest BCUT2D eigenvalue weighted by atomic mass is 9.95. The van der Waals surface area contributed by atoms with Crippen molar-refractivity contribution in [3.05, 3.63) is 80.0 Å². The molecule has 0 atom stereocenters. The van der Waals surface area contributed by atoms with Crippen molar-refractivity contribution < 1.29 is 19.5 Å². The minimum Gasteiger partial charge on any atom is -0.478 e. The van der Waals surface area contributed by atoms with Crippen molar-refractivity contribution in [2.24, 2.45) is 0 Å². The van der Waals surface area contributed by atoms with E-state index in [-0.39, 0.29) is 17.1 Å². The van der Waals surface area contributed by atoms with Gasteiger partial charge in [-0.15, -0.1) is 11.3 Å². The predicted molar refractivity (Wildman–Crippen MR) is 120 cm³/mol. The van der Waals surface area contributed by atoms with E-state index < -0.39 is 5.97 Å².